The number of rotatable bonds is 7. The third-order valence-corrected chi connectivity index (χ3v) is 9.14. The van der Waals surface area contributed by atoms with Gasteiger partial charge in [0.2, 0.25) is 0 Å². The van der Waals surface area contributed by atoms with Gasteiger partial charge >= 0.3 is 0 Å². The van der Waals surface area contributed by atoms with Gasteiger partial charge in [0.1, 0.15) is 11.6 Å². The Kier molecular flexibility index (Phi) is 7.29. The van der Waals surface area contributed by atoms with Gasteiger partial charge in [0.15, 0.2) is 0 Å². The van der Waals surface area contributed by atoms with Gasteiger partial charge in [0, 0.05) is 61.1 Å². The third-order valence-electron chi connectivity index (χ3n) is 8.84. The summed E-state index contributed by atoms with van der Waals surface area (Å²) in [5.74, 6) is 1.66. The van der Waals surface area contributed by atoms with E-state index < -0.39 is 0 Å². The van der Waals surface area contributed by atoms with Crippen molar-refractivity contribution in [1.82, 2.24) is 14.9 Å². The molecule has 0 aromatic carbocycles. The molecule has 9 heteroatoms. The first-order valence-electron chi connectivity index (χ1n) is 13.8. The van der Waals surface area contributed by atoms with E-state index in [0.29, 0.717) is 42.3 Å². The van der Waals surface area contributed by atoms with Crippen molar-refractivity contribution in [2.75, 3.05) is 56.7 Å². The Hall–Kier alpha value is -1.97. The van der Waals surface area contributed by atoms with Crippen molar-refractivity contribution in [3.8, 4) is 11.3 Å². The van der Waals surface area contributed by atoms with E-state index in [1.54, 1.807) is 6.20 Å². The molecule has 0 bridgehead atoms. The van der Waals surface area contributed by atoms with Crippen LogP contribution in [0.2, 0.25) is 5.02 Å². The van der Waals surface area contributed by atoms with Crippen LogP contribution in [-0.4, -0.2) is 78.6 Å². The molecule has 5 heterocycles. The predicted octanol–water partition coefficient (Wildman–Crippen LogP) is 4.16. The predicted molar refractivity (Wildman–Crippen MR) is 147 cm³/mol. The van der Waals surface area contributed by atoms with Crippen molar-refractivity contribution in [1.29, 1.82) is 0 Å². The molecule has 4 fully saturated rings. The van der Waals surface area contributed by atoms with Crippen LogP contribution in [0.1, 0.15) is 44.9 Å². The Morgan fingerprint density at radius 2 is 1.86 bits per heavy atom. The minimum Gasteiger partial charge on any atom is -0.381 e. The molecule has 4 N–H and O–H groups in total. The molecule has 1 saturated carbocycles. The van der Waals surface area contributed by atoms with Gasteiger partial charge < -0.3 is 25.8 Å². The first-order chi connectivity index (χ1) is 18.0. The first-order valence-corrected chi connectivity index (χ1v) is 14.2. The van der Waals surface area contributed by atoms with Gasteiger partial charge in [-0.15, -0.1) is 0 Å². The van der Waals surface area contributed by atoms with Crippen molar-refractivity contribution >= 4 is 23.2 Å². The summed E-state index contributed by atoms with van der Waals surface area (Å²) >= 11 is 6.58. The second-order valence-corrected chi connectivity index (χ2v) is 12.1. The number of ether oxygens (including phenoxy) is 2. The molecule has 8 nitrogen and oxygen atoms in total. The SMILES string of the molecule is NC1(CNc2cccc(-c3cc(NC4CCC(N5CCC6(COC6)C5)CC4)ncc3Cl)n2)CCOCC1. The Bertz CT molecular complexity index is 1080. The number of hydrogen-bond donors (Lipinski definition) is 3. The summed E-state index contributed by atoms with van der Waals surface area (Å²) in [5.41, 5.74) is 8.45. The average molecular weight is 527 g/mol. The van der Waals surface area contributed by atoms with Gasteiger partial charge in [-0.1, -0.05) is 17.7 Å². The van der Waals surface area contributed by atoms with Gasteiger partial charge in [-0.3, -0.25) is 4.90 Å². The summed E-state index contributed by atoms with van der Waals surface area (Å²) in [7, 11) is 0. The van der Waals surface area contributed by atoms with Crippen LogP contribution in [0, 0.1) is 5.41 Å². The van der Waals surface area contributed by atoms with Crippen LogP contribution in [0.5, 0.6) is 0 Å². The highest BCUT2D eigenvalue weighted by molar-refractivity contribution is 6.33. The van der Waals surface area contributed by atoms with Crippen molar-refractivity contribution < 1.29 is 9.47 Å². The lowest BCUT2D eigenvalue weighted by molar-refractivity contribution is -0.106. The highest BCUT2D eigenvalue weighted by Gasteiger charge is 2.46. The van der Waals surface area contributed by atoms with Crippen LogP contribution in [0.3, 0.4) is 0 Å². The highest BCUT2D eigenvalue weighted by atomic mass is 35.5. The number of halogens is 1. The number of aromatic nitrogens is 2. The maximum atomic E-state index is 6.58. The molecule has 0 amide bonds. The lowest BCUT2D eigenvalue weighted by Gasteiger charge is -2.40. The molecule has 3 aliphatic heterocycles. The van der Waals surface area contributed by atoms with E-state index in [0.717, 1.165) is 61.8 Å². The van der Waals surface area contributed by atoms with Crippen LogP contribution in [0.15, 0.2) is 30.5 Å². The zero-order valence-electron chi connectivity index (χ0n) is 21.6. The van der Waals surface area contributed by atoms with Crippen LogP contribution in [-0.2, 0) is 9.47 Å². The molecule has 0 atom stereocenters. The molecule has 1 spiro atoms. The molecule has 0 unspecified atom stereocenters. The number of likely N-dealkylation sites (tertiary alicyclic amines) is 1. The van der Waals surface area contributed by atoms with Crippen molar-refractivity contribution in [2.24, 2.45) is 11.1 Å². The number of pyridine rings is 2. The minimum absolute atomic E-state index is 0.262. The minimum atomic E-state index is -0.262. The summed E-state index contributed by atoms with van der Waals surface area (Å²) in [6.07, 6.45) is 9.52. The normalized spacial score (nSPS) is 27.1. The number of nitrogens with one attached hydrogen (secondary N) is 2. The molecular weight excluding hydrogens is 488 g/mol. The lowest BCUT2D eigenvalue weighted by Crippen LogP contribution is -2.50. The number of nitrogens with two attached hydrogens (primary N) is 1. The third kappa shape index (κ3) is 5.73. The number of nitrogens with zero attached hydrogens (tertiary/aromatic N) is 3. The summed E-state index contributed by atoms with van der Waals surface area (Å²) in [6.45, 7) is 6.46. The molecule has 0 radical (unpaired) electrons. The Labute approximate surface area is 224 Å². The van der Waals surface area contributed by atoms with Crippen molar-refractivity contribution in [3.63, 3.8) is 0 Å². The van der Waals surface area contributed by atoms with Crippen LogP contribution in [0.4, 0.5) is 11.6 Å². The van der Waals surface area contributed by atoms with Crippen LogP contribution >= 0.6 is 11.6 Å². The van der Waals surface area contributed by atoms with E-state index in [9.17, 15) is 0 Å². The largest absolute Gasteiger partial charge is 0.381 e. The lowest BCUT2D eigenvalue weighted by atomic mass is 9.85. The fourth-order valence-electron chi connectivity index (χ4n) is 6.32. The zero-order valence-corrected chi connectivity index (χ0v) is 22.3. The average Bonchev–Trinajstić information content (AvgIpc) is 3.37. The van der Waals surface area contributed by atoms with Crippen molar-refractivity contribution in [2.45, 2.75) is 62.6 Å². The van der Waals surface area contributed by atoms with E-state index in [2.05, 4.69) is 20.5 Å². The summed E-state index contributed by atoms with van der Waals surface area (Å²) < 4.78 is 11.0. The first kappa shape index (κ1) is 25.3. The molecule has 37 heavy (non-hydrogen) atoms. The summed E-state index contributed by atoms with van der Waals surface area (Å²) in [6, 6.07) is 9.14. The van der Waals surface area contributed by atoms with Gasteiger partial charge in [-0.05, 0) is 69.7 Å². The molecule has 200 valence electrons. The van der Waals surface area contributed by atoms with E-state index in [-0.39, 0.29) is 5.54 Å². The van der Waals surface area contributed by atoms with E-state index in [4.69, 9.17) is 31.8 Å². The second kappa shape index (κ2) is 10.7. The summed E-state index contributed by atoms with van der Waals surface area (Å²) in [4.78, 5) is 12.1. The summed E-state index contributed by atoms with van der Waals surface area (Å²) in [5, 5.41) is 7.70. The molecule has 2 aromatic rings. The molecule has 2 aromatic heterocycles. The molecule has 1 aliphatic carbocycles. The van der Waals surface area contributed by atoms with Gasteiger partial charge in [-0.25, -0.2) is 9.97 Å². The second-order valence-electron chi connectivity index (χ2n) is 11.6. The van der Waals surface area contributed by atoms with Gasteiger partial charge in [0.05, 0.1) is 23.9 Å². The molecule has 3 saturated heterocycles. The van der Waals surface area contributed by atoms with E-state index >= 15 is 0 Å². The topological polar surface area (TPSA) is 97.6 Å². The number of hydrogen-bond acceptors (Lipinski definition) is 8. The zero-order chi connectivity index (χ0) is 25.3. The van der Waals surface area contributed by atoms with E-state index in [1.807, 2.05) is 24.3 Å². The maximum absolute atomic E-state index is 6.58. The highest BCUT2D eigenvalue weighted by Crippen LogP contribution is 2.40. The molecule has 6 rings (SSSR count). The van der Waals surface area contributed by atoms with Gasteiger partial charge in [0.25, 0.3) is 0 Å². The Balaban J connectivity index is 1.06. The smallest absolute Gasteiger partial charge is 0.126 e. The standard InChI is InChI=1S/C28H39ClN6O2/c29-23-15-31-26(33-20-4-6-21(7-5-20)35-11-8-27(17-35)18-37-19-27)14-22(23)24-2-1-3-25(34-24)32-16-28(30)9-12-36-13-10-28/h1-3,14-15,20-21H,4-13,16-19,30H2,(H,31,33)(H,32,34). The van der Waals surface area contributed by atoms with Crippen LogP contribution < -0.4 is 16.4 Å². The van der Waals surface area contributed by atoms with Crippen molar-refractivity contribution in [3.05, 3.63) is 35.5 Å². The Morgan fingerprint density at radius 3 is 2.59 bits per heavy atom. The fourth-order valence-corrected chi connectivity index (χ4v) is 6.52. The number of anilines is 2. The molecular formula is C28H39ClN6O2. The Morgan fingerprint density at radius 1 is 1.05 bits per heavy atom. The fraction of sp³-hybridized carbons (Fsp3) is 0.643. The maximum Gasteiger partial charge on any atom is 0.126 e. The molecule has 4 aliphatic rings. The van der Waals surface area contributed by atoms with Gasteiger partial charge in [-0.2, -0.15) is 0 Å². The monoisotopic (exact) mass is 526 g/mol. The quantitative estimate of drug-likeness (QED) is 0.495. The van der Waals surface area contributed by atoms with Crippen LogP contribution in [0.25, 0.3) is 11.3 Å². The van der Waals surface area contributed by atoms with E-state index in [1.165, 1.54) is 32.4 Å².